The van der Waals surface area contributed by atoms with Crippen LogP contribution in [0.2, 0.25) is 5.02 Å². The van der Waals surface area contributed by atoms with Crippen LogP contribution in [0, 0.1) is 0 Å². The molecule has 0 aromatic heterocycles. The van der Waals surface area contributed by atoms with Crippen LogP contribution in [0.15, 0.2) is 48.5 Å². The summed E-state index contributed by atoms with van der Waals surface area (Å²) in [5, 5.41) is 3.39. The summed E-state index contributed by atoms with van der Waals surface area (Å²) in [6.45, 7) is 4.16. The van der Waals surface area contributed by atoms with E-state index in [2.05, 4.69) is 5.32 Å². The maximum atomic E-state index is 12.7. The lowest BCUT2D eigenvalue weighted by Gasteiger charge is -2.38. The smallest absolute Gasteiger partial charge is 0.270 e. The van der Waals surface area contributed by atoms with Crippen LogP contribution in [0.3, 0.4) is 0 Å². The Labute approximate surface area is 157 Å². The van der Waals surface area contributed by atoms with Gasteiger partial charge in [-0.2, -0.15) is 0 Å². The third-order valence-electron chi connectivity index (χ3n) is 4.23. The molecule has 0 unspecified atom stereocenters. The molecule has 1 heterocycles. The number of rotatable bonds is 5. The van der Waals surface area contributed by atoms with Gasteiger partial charge in [0.2, 0.25) is 5.91 Å². The Hall–Kier alpha value is -2.53. The van der Waals surface area contributed by atoms with Crippen LogP contribution < -0.4 is 15.0 Å². The number of benzene rings is 2. The molecule has 2 aromatic rings. The fraction of sp³-hybridized carbons (Fsp3) is 0.300. The molecule has 0 spiro atoms. The molecule has 0 radical (unpaired) electrons. The molecule has 1 N–H and O–H groups in total. The zero-order chi connectivity index (χ0) is 18.7. The molecular formula is C20H21ClN2O3. The highest BCUT2D eigenvalue weighted by Gasteiger charge is 2.40. The predicted octanol–water partition coefficient (Wildman–Crippen LogP) is 3.55. The van der Waals surface area contributed by atoms with E-state index in [-0.39, 0.29) is 24.8 Å². The molecule has 26 heavy (non-hydrogen) atoms. The number of halogens is 1. The molecular weight excluding hydrogens is 352 g/mol. The Morgan fingerprint density at radius 3 is 2.65 bits per heavy atom. The SMILES string of the molecule is CC1(C)Oc2ccc(Cl)cc2N(CCC(=O)NCc2ccccc2)C1=O. The fourth-order valence-corrected chi connectivity index (χ4v) is 3.03. The van der Waals surface area contributed by atoms with Gasteiger partial charge in [0.25, 0.3) is 5.91 Å². The molecule has 136 valence electrons. The van der Waals surface area contributed by atoms with Crippen LogP contribution in [0.25, 0.3) is 0 Å². The average Bonchev–Trinajstić information content (AvgIpc) is 2.62. The minimum atomic E-state index is -0.985. The largest absolute Gasteiger partial charge is 0.476 e. The van der Waals surface area contributed by atoms with Gasteiger partial charge in [0.1, 0.15) is 5.75 Å². The van der Waals surface area contributed by atoms with Crippen molar-refractivity contribution in [1.29, 1.82) is 0 Å². The number of carbonyl (C=O) groups excluding carboxylic acids is 2. The lowest BCUT2D eigenvalue weighted by Crippen LogP contribution is -2.53. The Kier molecular flexibility index (Phi) is 5.18. The van der Waals surface area contributed by atoms with Crippen molar-refractivity contribution < 1.29 is 14.3 Å². The van der Waals surface area contributed by atoms with Gasteiger partial charge in [-0.25, -0.2) is 0 Å². The number of carbonyl (C=O) groups is 2. The van der Waals surface area contributed by atoms with Crippen molar-refractivity contribution in [2.45, 2.75) is 32.4 Å². The molecule has 2 aromatic carbocycles. The Morgan fingerprint density at radius 1 is 1.19 bits per heavy atom. The molecule has 6 heteroatoms. The third kappa shape index (κ3) is 3.99. The van der Waals surface area contributed by atoms with Gasteiger partial charge in [-0.3, -0.25) is 9.59 Å². The maximum Gasteiger partial charge on any atom is 0.270 e. The minimum Gasteiger partial charge on any atom is -0.476 e. The molecule has 2 amide bonds. The Bertz CT molecular complexity index is 821. The highest BCUT2D eigenvalue weighted by Crippen LogP contribution is 2.39. The van der Waals surface area contributed by atoms with Crippen LogP contribution in [0.5, 0.6) is 5.75 Å². The minimum absolute atomic E-state index is 0.116. The summed E-state index contributed by atoms with van der Waals surface area (Å²) in [5.41, 5.74) is 0.640. The Balaban J connectivity index is 1.67. The number of hydrogen-bond donors (Lipinski definition) is 1. The van der Waals surface area contributed by atoms with Crippen molar-refractivity contribution in [3.63, 3.8) is 0 Å². The van der Waals surface area contributed by atoms with Gasteiger partial charge < -0.3 is 15.0 Å². The molecule has 0 aliphatic carbocycles. The molecule has 0 saturated carbocycles. The Morgan fingerprint density at radius 2 is 1.92 bits per heavy atom. The number of ether oxygens (including phenoxy) is 1. The van der Waals surface area contributed by atoms with E-state index in [0.29, 0.717) is 23.0 Å². The van der Waals surface area contributed by atoms with E-state index in [0.717, 1.165) is 5.56 Å². The summed E-state index contributed by atoms with van der Waals surface area (Å²) < 4.78 is 5.78. The van der Waals surface area contributed by atoms with E-state index in [4.69, 9.17) is 16.3 Å². The second-order valence-corrected chi connectivity index (χ2v) is 7.13. The summed E-state index contributed by atoms with van der Waals surface area (Å²) in [6.07, 6.45) is 0.195. The highest BCUT2D eigenvalue weighted by atomic mass is 35.5. The standard InChI is InChI=1S/C20H21ClN2O3/c1-20(2)19(25)23(16-12-15(21)8-9-17(16)26-20)11-10-18(24)22-13-14-6-4-3-5-7-14/h3-9,12H,10-11,13H2,1-2H3,(H,22,24). The van der Waals surface area contributed by atoms with Crippen LogP contribution in [-0.4, -0.2) is 24.0 Å². The monoisotopic (exact) mass is 372 g/mol. The molecule has 5 nitrogen and oxygen atoms in total. The predicted molar refractivity (Wildman–Crippen MR) is 101 cm³/mol. The average molecular weight is 373 g/mol. The van der Waals surface area contributed by atoms with Crippen LogP contribution in [-0.2, 0) is 16.1 Å². The molecule has 3 rings (SSSR count). The molecule has 1 aliphatic heterocycles. The van der Waals surface area contributed by atoms with E-state index >= 15 is 0 Å². The normalized spacial score (nSPS) is 15.2. The summed E-state index contributed by atoms with van der Waals surface area (Å²) in [5.74, 6) is 0.279. The van der Waals surface area contributed by atoms with Crippen molar-refractivity contribution >= 4 is 29.1 Å². The van der Waals surface area contributed by atoms with E-state index in [1.807, 2.05) is 30.3 Å². The van der Waals surface area contributed by atoms with Crippen molar-refractivity contribution in [3.8, 4) is 5.75 Å². The molecule has 0 fully saturated rings. The first-order chi connectivity index (χ1) is 12.4. The first-order valence-corrected chi connectivity index (χ1v) is 8.86. The van der Waals surface area contributed by atoms with Gasteiger partial charge in [-0.1, -0.05) is 41.9 Å². The van der Waals surface area contributed by atoms with Crippen molar-refractivity contribution in [1.82, 2.24) is 5.32 Å². The van der Waals surface area contributed by atoms with E-state index in [1.54, 1.807) is 36.9 Å². The van der Waals surface area contributed by atoms with Crippen molar-refractivity contribution in [2.24, 2.45) is 0 Å². The zero-order valence-electron chi connectivity index (χ0n) is 14.8. The quantitative estimate of drug-likeness (QED) is 0.873. The van der Waals surface area contributed by atoms with E-state index < -0.39 is 5.60 Å². The highest BCUT2D eigenvalue weighted by molar-refractivity contribution is 6.31. The summed E-state index contributed by atoms with van der Waals surface area (Å²) in [7, 11) is 0. The van der Waals surface area contributed by atoms with Crippen LogP contribution in [0.1, 0.15) is 25.8 Å². The topological polar surface area (TPSA) is 58.6 Å². The molecule has 1 aliphatic rings. The lowest BCUT2D eigenvalue weighted by atomic mass is 10.0. The summed E-state index contributed by atoms with van der Waals surface area (Å²) >= 11 is 6.07. The lowest BCUT2D eigenvalue weighted by molar-refractivity contribution is -0.132. The number of nitrogens with one attached hydrogen (secondary N) is 1. The second-order valence-electron chi connectivity index (χ2n) is 6.69. The maximum absolute atomic E-state index is 12.7. The third-order valence-corrected chi connectivity index (χ3v) is 4.47. The second kappa shape index (κ2) is 7.38. The number of nitrogens with zero attached hydrogens (tertiary/aromatic N) is 1. The fourth-order valence-electron chi connectivity index (χ4n) is 2.86. The number of anilines is 1. The number of fused-ring (bicyclic) bond motifs is 1. The van der Waals surface area contributed by atoms with Gasteiger partial charge in [0, 0.05) is 24.5 Å². The van der Waals surface area contributed by atoms with Crippen LogP contribution >= 0.6 is 11.6 Å². The first-order valence-electron chi connectivity index (χ1n) is 8.48. The van der Waals surface area contributed by atoms with Crippen LogP contribution in [0.4, 0.5) is 5.69 Å². The van der Waals surface area contributed by atoms with E-state index in [1.165, 1.54) is 0 Å². The molecule has 0 saturated heterocycles. The van der Waals surface area contributed by atoms with Gasteiger partial charge >= 0.3 is 0 Å². The number of hydrogen-bond acceptors (Lipinski definition) is 3. The first kappa shape index (κ1) is 18.3. The summed E-state index contributed by atoms with van der Waals surface area (Å²) in [6, 6.07) is 14.8. The van der Waals surface area contributed by atoms with Gasteiger partial charge in [0.15, 0.2) is 5.60 Å². The van der Waals surface area contributed by atoms with Crippen molar-refractivity contribution in [2.75, 3.05) is 11.4 Å². The van der Waals surface area contributed by atoms with Gasteiger partial charge in [-0.15, -0.1) is 0 Å². The summed E-state index contributed by atoms with van der Waals surface area (Å²) in [4.78, 5) is 26.5. The zero-order valence-corrected chi connectivity index (χ0v) is 15.5. The van der Waals surface area contributed by atoms with Crippen molar-refractivity contribution in [3.05, 3.63) is 59.1 Å². The number of amides is 2. The molecule has 0 bridgehead atoms. The van der Waals surface area contributed by atoms with Gasteiger partial charge in [0.05, 0.1) is 5.69 Å². The van der Waals surface area contributed by atoms with Gasteiger partial charge in [-0.05, 0) is 37.6 Å². The van der Waals surface area contributed by atoms with E-state index in [9.17, 15) is 9.59 Å². The molecule has 0 atom stereocenters.